The minimum Gasteiger partial charge on any atom is -0.490 e. The van der Waals surface area contributed by atoms with Gasteiger partial charge >= 0.3 is 0 Å². The van der Waals surface area contributed by atoms with Crippen LogP contribution in [0.4, 0.5) is 11.4 Å². The Morgan fingerprint density at radius 1 is 1.00 bits per heavy atom. The van der Waals surface area contributed by atoms with Gasteiger partial charge in [0.05, 0.1) is 30.5 Å². The van der Waals surface area contributed by atoms with E-state index in [4.69, 9.17) is 31.5 Å². The maximum atomic E-state index is 12.7. The van der Waals surface area contributed by atoms with Gasteiger partial charge in [0.25, 0.3) is 5.91 Å². The van der Waals surface area contributed by atoms with E-state index in [1.807, 2.05) is 20.8 Å². The number of halogens is 1. The van der Waals surface area contributed by atoms with Crippen molar-refractivity contribution in [2.75, 3.05) is 30.9 Å². The molecule has 2 aromatic rings. The fourth-order valence-electron chi connectivity index (χ4n) is 2.34. The molecule has 26 heavy (non-hydrogen) atoms. The van der Waals surface area contributed by atoms with Crippen molar-refractivity contribution >= 4 is 28.9 Å². The van der Waals surface area contributed by atoms with Crippen LogP contribution in [0, 0.1) is 0 Å². The number of carbonyl (C=O) groups is 1. The highest BCUT2D eigenvalue weighted by Gasteiger charge is 2.18. The van der Waals surface area contributed by atoms with Gasteiger partial charge < -0.3 is 25.3 Å². The lowest BCUT2D eigenvalue weighted by Gasteiger charge is -2.17. The molecule has 2 aromatic carbocycles. The largest absolute Gasteiger partial charge is 0.490 e. The van der Waals surface area contributed by atoms with Crippen molar-refractivity contribution in [2.45, 2.75) is 20.8 Å². The number of nitrogens with one attached hydrogen (secondary N) is 1. The number of anilines is 2. The van der Waals surface area contributed by atoms with Crippen molar-refractivity contribution in [3.8, 4) is 17.2 Å². The van der Waals surface area contributed by atoms with Crippen LogP contribution in [0.5, 0.6) is 17.2 Å². The van der Waals surface area contributed by atoms with Gasteiger partial charge in [-0.3, -0.25) is 4.79 Å². The minimum absolute atomic E-state index is 0.323. The lowest BCUT2D eigenvalue weighted by molar-refractivity contribution is 0.102. The Labute approximate surface area is 158 Å². The van der Waals surface area contributed by atoms with Gasteiger partial charge in [0.15, 0.2) is 11.5 Å². The van der Waals surface area contributed by atoms with E-state index in [-0.39, 0.29) is 5.91 Å². The molecule has 0 radical (unpaired) electrons. The first kappa shape index (κ1) is 19.7. The smallest absolute Gasteiger partial charge is 0.255 e. The molecule has 0 fully saturated rings. The molecule has 0 aromatic heterocycles. The van der Waals surface area contributed by atoms with Gasteiger partial charge in [-0.2, -0.15) is 0 Å². The highest BCUT2D eigenvalue weighted by Crippen LogP contribution is 2.39. The Hall–Kier alpha value is -2.60. The third kappa shape index (κ3) is 4.73. The Bertz CT molecular complexity index is 753. The summed E-state index contributed by atoms with van der Waals surface area (Å²) in [5.74, 6) is 1.09. The number of amides is 1. The van der Waals surface area contributed by atoms with Crippen LogP contribution in [0.3, 0.4) is 0 Å². The van der Waals surface area contributed by atoms with Crippen LogP contribution >= 0.6 is 11.6 Å². The fourth-order valence-corrected chi connectivity index (χ4v) is 2.46. The van der Waals surface area contributed by atoms with Gasteiger partial charge in [0, 0.05) is 11.3 Å². The van der Waals surface area contributed by atoms with E-state index in [0.29, 0.717) is 59.0 Å². The Kier molecular flexibility index (Phi) is 6.97. The molecule has 2 rings (SSSR count). The average molecular weight is 379 g/mol. The predicted molar refractivity (Wildman–Crippen MR) is 104 cm³/mol. The molecule has 1 amide bonds. The van der Waals surface area contributed by atoms with Gasteiger partial charge in [-0.25, -0.2) is 0 Å². The van der Waals surface area contributed by atoms with Crippen molar-refractivity contribution in [1.29, 1.82) is 0 Å². The molecule has 3 N–H and O–H groups in total. The maximum absolute atomic E-state index is 12.7. The van der Waals surface area contributed by atoms with E-state index in [9.17, 15) is 4.79 Å². The summed E-state index contributed by atoms with van der Waals surface area (Å²) in [6, 6.07) is 8.17. The van der Waals surface area contributed by atoms with Crippen LogP contribution in [0.2, 0.25) is 5.02 Å². The molecular weight excluding hydrogens is 356 g/mol. The molecule has 0 bridgehead atoms. The highest BCUT2D eigenvalue weighted by molar-refractivity contribution is 6.33. The second kappa shape index (κ2) is 9.20. The third-order valence-electron chi connectivity index (χ3n) is 3.43. The van der Waals surface area contributed by atoms with Crippen LogP contribution in [0.1, 0.15) is 31.1 Å². The van der Waals surface area contributed by atoms with Gasteiger partial charge in [0.1, 0.15) is 0 Å². The van der Waals surface area contributed by atoms with Crippen molar-refractivity contribution in [3.05, 3.63) is 40.9 Å². The molecule has 0 saturated carbocycles. The molecular formula is C19H23ClN2O4. The van der Waals surface area contributed by atoms with Gasteiger partial charge in [-0.15, -0.1) is 0 Å². The molecule has 140 valence electrons. The number of benzene rings is 2. The van der Waals surface area contributed by atoms with Gasteiger partial charge in [-0.1, -0.05) is 11.6 Å². The van der Waals surface area contributed by atoms with Crippen LogP contribution in [-0.4, -0.2) is 25.7 Å². The number of nitrogen functional groups attached to an aromatic ring is 1. The zero-order valence-electron chi connectivity index (χ0n) is 15.1. The third-order valence-corrected chi connectivity index (χ3v) is 3.77. The van der Waals surface area contributed by atoms with Crippen molar-refractivity contribution in [1.82, 2.24) is 0 Å². The van der Waals surface area contributed by atoms with E-state index >= 15 is 0 Å². The van der Waals surface area contributed by atoms with Crippen molar-refractivity contribution in [3.63, 3.8) is 0 Å². The fraction of sp³-hybridized carbons (Fsp3) is 0.316. The van der Waals surface area contributed by atoms with E-state index in [1.54, 1.807) is 30.3 Å². The second-order valence-corrected chi connectivity index (χ2v) is 5.70. The molecule has 0 saturated heterocycles. The number of rotatable bonds is 8. The first-order chi connectivity index (χ1) is 12.5. The van der Waals surface area contributed by atoms with E-state index in [1.165, 1.54) is 0 Å². The maximum Gasteiger partial charge on any atom is 0.255 e. The van der Waals surface area contributed by atoms with E-state index in [0.717, 1.165) is 0 Å². The molecule has 0 aliphatic heterocycles. The summed E-state index contributed by atoms with van der Waals surface area (Å²) < 4.78 is 16.9. The van der Waals surface area contributed by atoms with Crippen LogP contribution < -0.4 is 25.3 Å². The number of carbonyl (C=O) groups excluding carboxylic acids is 1. The molecule has 0 aliphatic carbocycles. The minimum atomic E-state index is -0.323. The number of hydrogen-bond acceptors (Lipinski definition) is 5. The quantitative estimate of drug-likeness (QED) is 0.666. The average Bonchev–Trinajstić information content (AvgIpc) is 2.61. The SMILES string of the molecule is CCOc1cc(C(=O)Nc2ccc(Cl)c(N)c2)cc(OCC)c1OCC. The summed E-state index contributed by atoms with van der Waals surface area (Å²) in [7, 11) is 0. The molecule has 0 heterocycles. The van der Waals surface area contributed by atoms with Gasteiger partial charge in [-0.05, 0) is 51.1 Å². The Balaban J connectivity index is 2.36. The topological polar surface area (TPSA) is 82.8 Å². The monoisotopic (exact) mass is 378 g/mol. The standard InChI is InChI=1S/C19H23ClN2O4/c1-4-24-16-9-12(10-17(25-5-2)18(16)26-6-3)19(23)22-13-7-8-14(20)15(21)11-13/h7-11H,4-6,21H2,1-3H3,(H,22,23). The van der Waals surface area contributed by atoms with Gasteiger partial charge in [0.2, 0.25) is 5.75 Å². The van der Waals surface area contributed by atoms with E-state index in [2.05, 4.69) is 5.32 Å². The van der Waals surface area contributed by atoms with Crippen LogP contribution in [0.25, 0.3) is 0 Å². The zero-order chi connectivity index (χ0) is 19.1. The summed E-state index contributed by atoms with van der Waals surface area (Å²) >= 11 is 5.91. The zero-order valence-corrected chi connectivity index (χ0v) is 15.9. The second-order valence-electron chi connectivity index (χ2n) is 5.29. The van der Waals surface area contributed by atoms with Crippen LogP contribution in [-0.2, 0) is 0 Å². The summed E-state index contributed by atoms with van der Waals surface area (Å²) in [6.07, 6.45) is 0. The molecule has 7 heteroatoms. The summed E-state index contributed by atoms with van der Waals surface area (Å²) in [5, 5.41) is 3.22. The first-order valence-corrected chi connectivity index (χ1v) is 8.80. The number of nitrogens with two attached hydrogens (primary N) is 1. The predicted octanol–water partition coefficient (Wildman–Crippen LogP) is 4.37. The Morgan fingerprint density at radius 2 is 1.58 bits per heavy atom. The van der Waals surface area contributed by atoms with Crippen molar-refractivity contribution in [2.24, 2.45) is 0 Å². The molecule has 0 aliphatic rings. The van der Waals surface area contributed by atoms with Crippen molar-refractivity contribution < 1.29 is 19.0 Å². The molecule has 0 unspecified atom stereocenters. The number of ether oxygens (including phenoxy) is 3. The lowest BCUT2D eigenvalue weighted by Crippen LogP contribution is -2.13. The normalized spacial score (nSPS) is 10.3. The molecule has 6 nitrogen and oxygen atoms in total. The summed E-state index contributed by atoms with van der Waals surface area (Å²) in [4.78, 5) is 12.7. The summed E-state index contributed by atoms with van der Waals surface area (Å²) in [5.41, 5.74) is 7.09. The van der Waals surface area contributed by atoms with Crippen LogP contribution in [0.15, 0.2) is 30.3 Å². The number of hydrogen-bond donors (Lipinski definition) is 2. The molecule has 0 atom stereocenters. The molecule has 0 spiro atoms. The summed E-state index contributed by atoms with van der Waals surface area (Å²) in [6.45, 7) is 6.92. The van der Waals surface area contributed by atoms with E-state index < -0.39 is 0 Å². The lowest BCUT2D eigenvalue weighted by atomic mass is 10.1. The Morgan fingerprint density at radius 3 is 2.08 bits per heavy atom. The highest BCUT2D eigenvalue weighted by atomic mass is 35.5. The first-order valence-electron chi connectivity index (χ1n) is 8.42.